The smallest absolute Gasteiger partial charge is 0.314 e. The average molecular weight is 298 g/mol. The molecule has 116 valence electrons. The lowest BCUT2D eigenvalue weighted by atomic mass is 9.85. The quantitative estimate of drug-likeness (QED) is 0.617. The molecule has 0 aromatic heterocycles. The van der Waals surface area contributed by atoms with Crippen LogP contribution < -0.4 is 10.1 Å². The third-order valence-electron chi connectivity index (χ3n) is 3.59. The zero-order valence-electron chi connectivity index (χ0n) is 12.0. The highest BCUT2D eigenvalue weighted by molar-refractivity contribution is 5.47. The number of rotatable bonds is 7. The van der Waals surface area contributed by atoms with Crippen LogP contribution in [-0.2, 0) is 4.74 Å². The van der Waals surface area contributed by atoms with Gasteiger partial charge in [-0.1, -0.05) is 13.0 Å². The molecule has 1 aromatic carbocycles. The van der Waals surface area contributed by atoms with Gasteiger partial charge in [-0.3, -0.25) is 10.1 Å². The Morgan fingerprint density at radius 1 is 1.52 bits per heavy atom. The van der Waals surface area contributed by atoms with E-state index in [0.29, 0.717) is 6.42 Å². The van der Waals surface area contributed by atoms with E-state index in [-0.39, 0.29) is 29.7 Å². The summed E-state index contributed by atoms with van der Waals surface area (Å²) in [6.07, 6.45) is 0.997. The SMILES string of the molecule is CCCNC1CC(Oc2c(F)cccc2[N+](=O)[O-])C1OC. The number of hydrogen-bond donors (Lipinski definition) is 1. The second kappa shape index (κ2) is 6.82. The van der Waals surface area contributed by atoms with Crippen LogP contribution in [0.3, 0.4) is 0 Å². The highest BCUT2D eigenvalue weighted by Crippen LogP contribution is 2.35. The Hall–Kier alpha value is -1.73. The number of nitrogens with zero attached hydrogens (tertiary/aromatic N) is 1. The fraction of sp³-hybridized carbons (Fsp3) is 0.571. The Kier molecular flexibility index (Phi) is 5.08. The normalized spacial score (nSPS) is 24.4. The number of nitro groups is 1. The lowest BCUT2D eigenvalue weighted by Gasteiger charge is -2.43. The Bertz CT molecular complexity index is 512. The molecule has 3 atom stereocenters. The third kappa shape index (κ3) is 3.30. The van der Waals surface area contributed by atoms with Crippen LogP contribution >= 0.6 is 0 Å². The van der Waals surface area contributed by atoms with Crippen LogP contribution in [0.1, 0.15) is 19.8 Å². The number of para-hydroxylation sites is 1. The van der Waals surface area contributed by atoms with Gasteiger partial charge in [0.05, 0.1) is 4.92 Å². The summed E-state index contributed by atoms with van der Waals surface area (Å²) in [4.78, 5) is 10.3. The van der Waals surface area contributed by atoms with Crippen molar-refractivity contribution in [1.29, 1.82) is 0 Å². The van der Waals surface area contributed by atoms with E-state index in [4.69, 9.17) is 9.47 Å². The number of hydrogen-bond acceptors (Lipinski definition) is 5. The van der Waals surface area contributed by atoms with Crippen LogP contribution in [0.4, 0.5) is 10.1 Å². The topological polar surface area (TPSA) is 73.6 Å². The molecule has 6 nitrogen and oxygen atoms in total. The minimum absolute atomic E-state index is 0.130. The summed E-state index contributed by atoms with van der Waals surface area (Å²) in [7, 11) is 1.55. The van der Waals surface area contributed by atoms with Crippen LogP contribution in [0.5, 0.6) is 5.75 Å². The Labute approximate surface area is 122 Å². The lowest BCUT2D eigenvalue weighted by molar-refractivity contribution is -0.386. The van der Waals surface area contributed by atoms with Crippen molar-refractivity contribution in [2.75, 3.05) is 13.7 Å². The molecule has 1 fully saturated rings. The summed E-state index contributed by atoms with van der Waals surface area (Å²) in [5.41, 5.74) is -0.366. The van der Waals surface area contributed by atoms with Crippen molar-refractivity contribution < 1.29 is 18.8 Å². The summed E-state index contributed by atoms with van der Waals surface area (Å²) in [5, 5.41) is 14.2. The maximum absolute atomic E-state index is 13.8. The van der Waals surface area contributed by atoms with Crippen LogP contribution in [0.2, 0.25) is 0 Å². The van der Waals surface area contributed by atoms with Gasteiger partial charge in [-0.2, -0.15) is 0 Å². The summed E-state index contributed by atoms with van der Waals surface area (Å²) < 4.78 is 24.6. The molecule has 0 heterocycles. The summed E-state index contributed by atoms with van der Waals surface area (Å²) in [6, 6.07) is 3.80. The minimum Gasteiger partial charge on any atom is -0.479 e. The second-order valence-corrected chi connectivity index (χ2v) is 5.00. The highest BCUT2D eigenvalue weighted by atomic mass is 19.1. The molecule has 1 N–H and O–H groups in total. The molecule has 1 aliphatic carbocycles. The molecule has 1 saturated carbocycles. The molecule has 1 aliphatic rings. The van der Waals surface area contributed by atoms with Crippen molar-refractivity contribution >= 4 is 5.69 Å². The van der Waals surface area contributed by atoms with E-state index in [0.717, 1.165) is 19.0 Å². The molecule has 3 unspecified atom stereocenters. The third-order valence-corrected chi connectivity index (χ3v) is 3.59. The van der Waals surface area contributed by atoms with Gasteiger partial charge in [0.15, 0.2) is 5.82 Å². The first-order chi connectivity index (χ1) is 10.1. The molecule has 7 heteroatoms. The van der Waals surface area contributed by atoms with E-state index in [1.165, 1.54) is 12.1 Å². The van der Waals surface area contributed by atoms with Crippen molar-refractivity contribution in [3.63, 3.8) is 0 Å². The number of nitro benzene ring substituents is 1. The molecule has 0 aliphatic heterocycles. The van der Waals surface area contributed by atoms with Gasteiger partial charge in [0.25, 0.3) is 0 Å². The van der Waals surface area contributed by atoms with Gasteiger partial charge in [-0.15, -0.1) is 0 Å². The lowest BCUT2D eigenvalue weighted by Crippen LogP contribution is -2.61. The predicted octanol–water partition coefficient (Wildman–Crippen LogP) is 2.27. The van der Waals surface area contributed by atoms with Gasteiger partial charge in [0.2, 0.25) is 5.75 Å². The molecule has 0 amide bonds. The van der Waals surface area contributed by atoms with E-state index >= 15 is 0 Å². The van der Waals surface area contributed by atoms with Crippen LogP contribution in [0.15, 0.2) is 18.2 Å². The van der Waals surface area contributed by atoms with E-state index in [1.807, 2.05) is 0 Å². The first-order valence-corrected chi connectivity index (χ1v) is 6.94. The largest absolute Gasteiger partial charge is 0.479 e. The number of methoxy groups -OCH3 is 1. The van der Waals surface area contributed by atoms with Crippen LogP contribution in [0.25, 0.3) is 0 Å². The summed E-state index contributed by atoms with van der Waals surface area (Å²) in [6.45, 7) is 2.92. The van der Waals surface area contributed by atoms with E-state index < -0.39 is 10.7 Å². The van der Waals surface area contributed by atoms with Crippen molar-refractivity contribution in [3.05, 3.63) is 34.1 Å². The minimum atomic E-state index is -0.732. The van der Waals surface area contributed by atoms with Gasteiger partial charge in [-0.25, -0.2) is 4.39 Å². The molecule has 21 heavy (non-hydrogen) atoms. The van der Waals surface area contributed by atoms with Gasteiger partial charge in [0.1, 0.15) is 12.2 Å². The first kappa shape index (κ1) is 15.7. The number of ether oxygens (including phenoxy) is 2. The van der Waals surface area contributed by atoms with Crippen molar-refractivity contribution in [2.45, 2.75) is 38.0 Å². The maximum atomic E-state index is 13.8. The van der Waals surface area contributed by atoms with Gasteiger partial charge >= 0.3 is 5.69 Å². The fourth-order valence-corrected chi connectivity index (χ4v) is 2.45. The summed E-state index contributed by atoms with van der Waals surface area (Å²) in [5.74, 6) is -1.05. The fourth-order valence-electron chi connectivity index (χ4n) is 2.45. The van der Waals surface area contributed by atoms with Gasteiger partial charge < -0.3 is 14.8 Å². The monoisotopic (exact) mass is 298 g/mol. The van der Waals surface area contributed by atoms with Crippen molar-refractivity contribution in [1.82, 2.24) is 5.32 Å². The zero-order chi connectivity index (χ0) is 15.4. The predicted molar refractivity (Wildman–Crippen MR) is 75.0 cm³/mol. The molecule has 1 aromatic rings. The van der Waals surface area contributed by atoms with Crippen molar-refractivity contribution in [2.24, 2.45) is 0 Å². The average Bonchev–Trinajstić information content (AvgIpc) is 2.43. The molecule has 2 rings (SSSR count). The number of nitrogens with one attached hydrogen (secondary N) is 1. The van der Waals surface area contributed by atoms with Crippen LogP contribution in [0, 0.1) is 15.9 Å². The maximum Gasteiger partial charge on any atom is 0.314 e. The van der Waals surface area contributed by atoms with Gasteiger partial charge in [0, 0.05) is 25.6 Å². The zero-order valence-corrected chi connectivity index (χ0v) is 12.0. The highest BCUT2D eigenvalue weighted by Gasteiger charge is 2.44. The second-order valence-electron chi connectivity index (χ2n) is 5.00. The molecular formula is C14H19FN2O4. The van der Waals surface area contributed by atoms with Gasteiger partial charge in [-0.05, 0) is 19.0 Å². The Morgan fingerprint density at radius 2 is 2.29 bits per heavy atom. The molecular weight excluding hydrogens is 279 g/mol. The van der Waals surface area contributed by atoms with E-state index in [9.17, 15) is 14.5 Å². The number of benzene rings is 1. The first-order valence-electron chi connectivity index (χ1n) is 6.94. The van der Waals surface area contributed by atoms with E-state index in [2.05, 4.69) is 12.2 Å². The number of halogens is 1. The van der Waals surface area contributed by atoms with Crippen molar-refractivity contribution in [3.8, 4) is 5.75 Å². The molecule has 0 spiro atoms. The molecule has 0 bridgehead atoms. The summed E-state index contributed by atoms with van der Waals surface area (Å²) >= 11 is 0. The standard InChI is InChI=1S/C14H19FN2O4/c1-3-7-16-10-8-12(14(10)20-2)21-13-9(15)5-4-6-11(13)17(18)19/h4-6,10,12,14,16H,3,7-8H2,1-2H3. The van der Waals surface area contributed by atoms with E-state index in [1.54, 1.807) is 7.11 Å². The molecule has 0 saturated heterocycles. The molecule has 0 radical (unpaired) electrons. The Balaban J connectivity index is 2.08. The van der Waals surface area contributed by atoms with Crippen LogP contribution in [-0.4, -0.2) is 36.8 Å². The Morgan fingerprint density at radius 3 is 2.90 bits per heavy atom.